The van der Waals surface area contributed by atoms with Gasteiger partial charge >= 0.3 is 0 Å². The molecule has 218 valence electrons. The van der Waals surface area contributed by atoms with Gasteiger partial charge in [-0.25, -0.2) is 13.4 Å². The third-order valence-electron chi connectivity index (χ3n) is 6.13. The molecule has 11 nitrogen and oxygen atoms in total. The normalized spacial score (nSPS) is 11.4. The molecular formula is C28H34ClN7O4S. The van der Waals surface area contributed by atoms with E-state index in [9.17, 15) is 8.42 Å². The molecule has 4 aromatic rings. The smallest absolute Gasteiger partial charge is 0.229 e. The summed E-state index contributed by atoms with van der Waals surface area (Å²) in [5, 5.41) is 9.85. The molecule has 0 aliphatic heterocycles. The molecule has 0 radical (unpaired) electrons. The molecule has 0 spiro atoms. The molecule has 2 aromatic heterocycles. The number of aromatic nitrogens is 2. The zero-order valence-electron chi connectivity index (χ0n) is 23.4. The third kappa shape index (κ3) is 8.49. The lowest BCUT2D eigenvalue weighted by Crippen LogP contribution is -2.21. The SMILES string of the molecule is CCN(CC)Cc1ccc(CNc2ccc(Nc3ncc(Cl)c(Nc4ccccc4NS(C)(=O)=O)n3)c(OC)c2)o1. The van der Waals surface area contributed by atoms with Crippen molar-refractivity contribution in [3.63, 3.8) is 0 Å². The second kappa shape index (κ2) is 13.6. The van der Waals surface area contributed by atoms with Crippen molar-refractivity contribution in [1.82, 2.24) is 14.9 Å². The fraction of sp³-hybridized carbons (Fsp3) is 0.286. The number of sulfonamides is 1. The number of halogens is 1. The molecule has 0 atom stereocenters. The van der Waals surface area contributed by atoms with Gasteiger partial charge in [-0.2, -0.15) is 4.98 Å². The van der Waals surface area contributed by atoms with E-state index in [1.807, 2.05) is 30.3 Å². The zero-order chi connectivity index (χ0) is 29.4. The highest BCUT2D eigenvalue weighted by atomic mass is 35.5. The number of nitrogens with one attached hydrogen (secondary N) is 4. The Labute approximate surface area is 245 Å². The Hall–Kier alpha value is -4.00. The number of furan rings is 1. The van der Waals surface area contributed by atoms with Crippen molar-refractivity contribution >= 4 is 56.1 Å². The van der Waals surface area contributed by atoms with Crippen LogP contribution in [-0.4, -0.2) is 49.7 Å². The van der Waals surface area contributed by atoms with E-state index in [0.29, 0.717) is 35.2 Å². The minimum Gasteiger partial charge on any atom is -0.494 e. The molecule has 41 heavy (non-hydrogen) atoms. The van der Waals surface area contributed by atoms with E-state index in [4.69, 9.17) is 20.8 Å². The number of methoxy groups -OCH3 is 1. The molecule has 0 unspecified atom stereocenters. The van der Waals surface area contributed by atoms with Gasteiger partial charge < -0.3 is 25.1 Å². The molecule has 13 heteroatoms. The lowest BCUT2D eigenvalue weighted by molar-refractivity contribution is 0.266. The van der Waals surface area contributed by atoms with Crippen molar-refractivity contribution in [3.05, 3.63) is 77.3 Å². The summed E-state index contributed by atoms with van der Waals surface area (Å²) in [5.74, 6) is 2.92. The largest absolute Gasteiger partial charge is 0.494 e. The van der Waals surface area contributed by atoms with Crippen molar-refractivity contribution in [2.45, 2.75) is 26.9 Å². The predicted octanol–water partition coefficient (Wildman–Crippen LogP) is 6.04. The summed E-state index contributed by atoms with van der Waals surface area (Å²) < 4.78 is 37.6. The highest BCUT2D eigenvalue weighted by Gasteiger charge is 2.13. The Balaban J connectivity index is 1.44. The molecule has 0 fully saturated rings. The Morgan fingerprint density at radius 2 is 1.71 bits per heavy atom. The van der Waals surface area contributed by atoms with E-state index in [-0.39, 0.29) is 11.0 Å². The molecular weight excluding hydrogens is 566 g/mol. The minimum atomic E-state index is -3.48. The zero-order valence-corrected chi connectivity index (χ0v) is 24.9. The number of anilines is 6. The first kappa shape index (κ1) is 30.0. The Morgan fingerprint density at radius 3 is 2.41 bits per heavy atom. The first-order valence-electron chi connectivity index (χ1n) is 13.0. The van der Waals surface area contributed by atoms with Gasteiger partial charge in [0.2, 0.25) is 16.0 Å². The van der Waals surface area contributed by atoms with Crippen LogP contribution < -0.4 is 25.4 Å². The highest BCUT2D eigenvalue weighted by Crippen LogP contribution is 2.32. The summed E-state index contributed by atoms with van der Waals surface area (Å²) in [6.07, 6.45) is 2.53. The standard InChI is InChI=1S/C28H34ClN7O4S/c1-5-36(6-2)18-21-13-12-20(40-21)16-30-19-11-14-25(26(15-19)39-3)33-28-31-17-22(29)27(34-28)32-23-9-7-8-10-24(23)35-41(4,37)38/h7-15,17,30,35H,5-6,16,18H2,1-4H3,(H2,31,32,33,34). The van der Waals surface area contributed by atoms with Gasteiger partial charge in [-0.15, -0.1) is 0 Å². The van der Waals surface area contributed by atoms with E-state index >= 15 is 0 Å². The molecule has 0 bridgehead atoms. The maximum atomic E-state index is 11.8. The maximum absolute atomic E-state index is 11.8. The van der Waals surface area contributed by atoms with Crippen LogP contribution in [0.5, 0.6) is 5.75 Å². The van der Waals surface area contributed by atoms with Gasteiger partial charge in [-0.1, -0.05) is 37.6 Å². The first-order valence-corrected chi connectivity index (χ1v) is 15.3. The fourth-order valence-corrected chi connectivity index (χ4v) is 4.72. The van der Waals surface area contributed by atoms with Crippen LogP contribution in [0.2, 0.25) is 5.02 Å². The molecule has 4 rings (SSSR count). The van der Waals surface area contributed by atoms with E-state index < -0.39 is 10.0 Å². The van der Waals surface area contributed by atoms with Gasteiger partial charge in [0, 0.05) is 11.8 Å². The second-order valence-corrected chi connectivity index (χ2v) is 11.3. The molecule has 4 N–H and O–H groups in total. The lowest BCUT2D eigenvalue weighted by atomic mass is 10.2. The molecule has 0 saturated carbocycles. The van der Waals surface area contributed by atoms with Gasteiger partial charge in [-0.05, 0) is 49.5 Å². The number of hydrogen-bond donors (Lipinski definition) is 4. The number of para-hydroxylation sites is 2. The second-order valence-electron chi connectivity index (χ2n) is 9.16. The minimum absolute atomic E-state index is 0.259. The molecule has 2 aromatic carbocycles. The van der Waals surface area contributed by atoms with Crippen molar-refractivity contribution in [2.75, 3.05) is 47.1 Å². The molecule has 0 aliphatic rings. The molecule has 2 heterocycles. The van der Waals surface area contributed by atoms with Gasteiger partial charge in [0.1, 0.15) is 22.3 Å². The van der Waals surface area contributed by atoms with Crippen LogP contribution in [0.25, 0.3) is 0 Å². The Bertz CT molecular complexity index is 1580. The van der Waals surface area contributed by atoms with Gasteiger partial charge in [0.05, 0.1) is 49.7 Å². The van der Waals surface area contributed by atoms with Crippen molar-refractivity contribution in [1.29, 1.82) is 0 Å². The third-order valence-corrected chi connectivity index (χ3v) is 6.99. The number of nitrogens with zero attached hydrogens (tertiary/aromatic N) is 3. The van der Waals surface area contributed by atoms with E-state index in [1.165, 1.54) is 6.20 Å². The number of ether oxygens (including phenoxy) is 1. The number of hydrogen-bond acceptors (Lipinski definition) is 10. The van der Waals surface area contributed by atoms with Gasteiger partial charge in [-0.3, -0.25) is 9.62 Å². The monoisotopic (exact) mass is 599 g/mol. The van der Waals surface area contributed by atoms with Crippen LogP contribution in [0.15, 0.2) is 65.2 Å². The number of rotatable bonds is 14. The van der Waals surface area contributed by atoms with Crippen molar-refractivity contribution < 1.29 is 17.6 Å². The fourth-order valence-electron chi connectivity index (χ4n) is 4.01. The van der Waals surface area contributed by atoms with Crippen LogP contribution in [0, 0.1) is 0 Å². The van der Waals surface area contributed by atoms with Crippen LogP contribution in [0.3, 0.4) is 0 Å². The summed E-state index contributed by atoms with van der Waals surface area (Å²) in [7, 11) is -1.90. The highest BCUT2D eigenvalue weighted by molar-refractivity contribution is 7.92. The topological polar surface area (TPSA) is 134 Å². The Morgan fingerprint density at radius 1 is 0.976 bits per heavy atom. The average Bonchev–Trinajstić information content (AvgIpc) is 3.40. The lowest BCUT2D eigenvalue weighted by Gasteiger charge is -2.16. The van der Waals surface area contributed by atoms with E-state index in [1.54, 1.807) is 31.4 Å². The summed E-state index contributed by atoms with van der Waals surface area (Å²) >= 11 is 6.34. The predicted molar refractivity (Wildman–Crippen MR) is 164 cm³/mol. The van der Waals surface area contributed by atoms with Gasteiger partial charge in [0.15, 0.2) is 5.82 Å². The maximum Gasteiger partial charge on any atom is 0.229 e. The summed E-state index contributed by atoms with van der Waals surface area (Å²) in [6.45, 7) is 7.53. The first-order chi connectivity index (χ1) is 19.7. The molecule has 0 amide bonds. The quantitative estimate of drug-likeness (QED) is 0.136. The summed E-state index contributed by atoms with van der Waals surface area (Å²) in [5.41, 5.74) is 2.33. The Kier molecular flexibility index (Phi) is 9.92. The molecule has 0 aliphatic carbocycles. The van der Waals surface area contributed by atoms with Crippen molar-refractivity contribution in [3.8, 4) is 5.75 Å². The molecule has 0 saturated heterocycles. The summed E-state index contributed by atoms with van der Waals surface area (Å²) in [4.78, 5) is 11.1. The van der Waals surface area contributed by atoms with E-state index in [2.05, 4.69) is 49.4 Å². The summed E-state index contributed by atoms with van der Waals surface area (Å²) in [6, 6.07) is 16.5. The van der Waals surface area contributed by atoms with E-state index in [0.717, 1.165) is 43.1 Å². The van der Waals surface area contributed by atoms with Crippen molar-refractivity contribution in [2.24, 2.45) is 0 Å². The average molecular weight is 600 g/mol. The number of benzene rings is 2. The van der Waals surface area contributed by atoms with Crippen LogP contribution >= 0.6 is 11.6 Å². The van der Waals surface area contributed by atoms with Crippen LogP contribution in [0.4, 0.5) is 34.5 Å². The van der Waals surface area contributed by atoms with Gasteiger partial charge in [0.25, 0.3) is 0 Å². The van der Waals surface area contributed by atoms with Crippen LogP contribution in [0.1, 0.15) is 25.4 Å². The van der Waals surface area contributed by atoms with Crippen LogP contribution in [-0.2, 0) is 23.1 Å².